The SMILES string of the molecule is O=S([O-])C1CCC1(F)F. The highest BCUT2D eigenvalue weighted by Gasteiger charge is 2.49. The van der Waals surface area contributed by atoms with Gasteiger partial charge in [-0.2, -0.15) is 0 Å². The molecule has 2 nitrogen and oxygen atoms in total. The summed E-state index contributed by atoms with van der Waals surface area (Å²) in [5.41, 5.74) is 0. The van der Waals surface area contributed by atoms with Crippen LogP contribution in [0.25, 0.3) is 0 Å². The molecule has 0 amide bonds. The van der Waals surface area contributed by atoms with Crippen LogP contribution < -0.4 is 0 Å². The van der Waals surface area contributed by atoms with Crippen molar-refractivity contribution in [2.75, 3.05) is 0 Å². The van der Waals surface area contributed by atoms with Crippen LogP contribution in [-0.4, -0.2) is 19.9 Å². The highest BCUT2D eigenvalue weighted by Crippen LogP contribution is 2.40. The van der Waals surface area contributed by atoms with Crippen LogP contribution in [0.4, 0.5) is 8.78 Å². The molecule has 0 aromatic rings. The zero-order chi connectivity index (χ0) is 7.07. The maximum atomic E-state index is 12.1. The Labute approximate surface area is 53.5 Å². The monoisotopic (exact) mass is 155 g/mol. The first-order valence-electron chi connectivity index (χ1n) is 2.50. The topological polar surface area (TPSA) is 40.1 Å². The molecule has 54 valence electrons. The second-order valence-corrected chi connectivity index (χ2v) is 3.14. The molecule has 0 N–H and O–H groups in total. The predicted molar refractivity (Wildman–Crippen MR) is 26.9 cm³/mol. The molecule has 2 atom stereocenters. The van der Waals surface area contributed by atoms with Gasteiger partial charge in [0, 0.05) is 6.42 Å². The van der Waals surface area contributed by atoms with Crippen molar-refractivity contribution in [3.8, 4) is 0 Å². The largest absolute Gasteiger partial charge is 0.772 e. The minimum atomic E-state index is -2.95. The Balaban J connectivity index is 2.55. The molecule has 1 aliphatic rings. The quantitative estimate of drug-likeness (QED) is 0.522. The maximum Gasteiger partial charge on any atom is 0.261 e. The Bertz CT molecular complexity index is 148. The molecule has 5 heteroatoms. The van der Waals surface area contributed by atoms with Gasteiger partial charge in [0.05, 0.1) is 5.25 Å². The van der Waals surface area contributed by atoms with Crippen molar-refractivity contribution < 1.29 is 17.5 Å². The van der Waals surface area contributed by atoms with Crippen LogP contribution in [0.15, 0.2) is 0 Å². The van der Waals surface area contributed by atoms with E-state index in [1.807, 2.05) is 0 Å². The molecule has 1 saturated carbocycles. The van der Waals surface area contributed by atoms with E-state index in [9.17, 15) is 17.5 Å². The van der Waals surface area contributed by atoms with E-state index in [1.54, 1.807) is 0 Å². The van der Waals surface area contributed by atoms with Crippen LogP contribution >= 0.6 is 0 Å². The molecule has 2 unspecified atom stereocenters. The van der Waals surface area contributed by atoms with Gasteiger partial charge >= 0.3 is 0 Å². The summed E-state index contributed by atoms with van der Waals surface area (Å²) < 4.78 is 44.0. The minimum Gasteiger partial charge on any atom is -0.772 e. The first-order chi connectivity index (χ1) is 4.04. The molecule has 0 aromatic carbocycles. The van der Waals surface area contributed by atoms with E-state index >= 15 is 0 Å². The zero-order valence-electron chi connectivity index (χ0n) is 4.47. The standard InChI is InChI=1S/C4H6F2O2S/c5-4(6)2-1-3(4)9(7)8/h3H,1-2H2,(H,7,8)/p-1. The lowest BCUT2D eigenvalue weighted by atomic mass is 9.94. The fourth-order valence-corrected chi connectivity index (χ4v) is 1.43. The summed E-state index contributed by atoms with van der Waals surface area (Å²) in [6.45, 7) is 0. The molecule has 0 aromatic heterocycles. The van der Waals surface area contributed by atoms with Crippen molar-refractivity contribution in [1.82, 2.24) is 0 Å². The van der Waals surface area contributed by atoms with E-state index in [0.717, 1.165) is 0 Å². The highest BCUT2D eigenvalue weighted by atomic mass is 32.2. The van der Waals surface area contributed by atoms with Crippen molar-refractivity contribution in [2.24, 2.45) is 0 Å². The lowest BCUT2D eigenvalue weighted by Gasteiger charge is -2.37. The smallest absolute Gasteiger partial charge is 0.261 e. The van der Waals surface area contributed by atoms with Gasteiger partial charge in [-0.1, -0.05) is 0 Å². The third-order valence-electron chi connectivity index (χ3n) is 1.44. The Hall–Kier alpha value is -0.0300. The second kappa shape index (κ2) is 1.98. The van der Waals surface area contributed by atoms with Crippen LogP contribution in [0, 0.1) is 0 Å². The van der Waals surface area contributed by atoms with Gasteiger partial charge in [-0.05, 0) is 17.5 Å². The molecular formula is C4H5F2O2S-. The van der Waals surface area contributed by atoms with E-state index < -0.39 is 22.3 Å². The summed E-state index contributed by atoms with van der Waals surface area (Å²) in [6, 6.07) is 0. The Morgan fingerprint density at radius 1 is 1.67 bits per heavy atom. The van der Waals surface area contributed by atoms with Crippen LogP contribution in [0.5, 0.6) is 0 Å². The summed E-state index contributed by atoms with van der Waals surface area (Å²) >= 11 is -2.59. The maximum absolute atomic E-state index is 12.1. The first kappa shape index (κ1) is 7.08. The highest BCUT2D eigenvalue weighted by molar-refractivity contribution is 7.80. The fraction of sp³-hybridized carbons (Fsp3) is 1.00. The fourth-order valence-electron chi connectivity index (χ4n) is 0.717. The van der Waals surface area contributed by atoms with Crippen molar-refractivity contribution in [2.45, 2.75) is 24.0 Å². The van der Waals surface area contributed by atoms with Crippen LogP contribution in [0.2, 0.25) is 0 Å². The minimum absolute atomic E-state index is 0.100. The third kappa shape index (κ3) is 1.11. The molecule has 9 heavy (non-hydrogen) atoms. The summed E-state index contributed by atoms with van der Waals surface area (Å²) in [5, 5.41) is -1.42. The van der Waals surface area contributed by atoms with Crippen molar-refractivity contribution >= 4 is 11.1 Å². The van der Waals surface area contributed by atoms with Crippen molar-refractivity contribution in [1.29, 1.82) is 0 Å². The number of alkyl halides is 2. The van der Waals surface area contributed by atoms with Gasteiger partial charge in [0.25, 0.3) is 5.92 Å². The van der Waals surface area contributed by atoms with E-state index in [1.165, 1.54) is 0 Å². The van der Waals surface area contributed by atoms with E-state index in [-0.39, 0.29) is 12.8 Å². The number of halogens is 2. The predicted octanol–water partition coefficient (Wildman–Crippen LogP) is 0.663. The average molecular weight is 155 g/mol. The normalized spacial score (nSPS) is 35.2. The van der Waals surface area contributed by atoms with Gasteiger partial charge in [0.1, 0.15) is 0 Å². The molecule has 1 rings (SSSR count). The van der Waals surface area contributed by atoms with Gasteiger partial charge in [-0.25, -0.2) is 8.78 Å². The molecule has 0 heterocycles. The van der Waals surface area contributed by atoms with Crippen molar-refractivity contribution in [3.63, 3.8) is 0 Å². The molecule has 0 spiro atoms. The summed E-state index contributed by atoms with van der Waals surface area (Å²) in [4.78, 5) is 0. The molecule has 0 radical (unpaired) electrons. The molecule has 0 aliphatic heterocycles. The Kier molecular flexibility index (Phi) is 1.56. The summed E-state index contributed by atoms with van der Waals surface area (Å²) in [6.07, 6.45) is -0.186. The van der Waals surface area contributed by atoms with Crippen LogP contribution in [0.1, 0.15) is 12.8 Å². The van der Waals surface area contributed by atoms with Gasteiger partial charge in [-0.15, -0.1) is 0 Å². The van der Waals surface area contributed by atoms with Crippen LogP contribution in [0.3, 0.4) is 0 Å². The third-order valence-corrected chi connectivity index (χ3v) is 2.49. The van der Waals surface area contributed by atoms with Gasteiger partial charge in [0.2, 0.25) is 0 Å². The number of rotatable bonds is 1. The Morgan fingerprint density at radius 2 is 2.22 bits per heavy atom. The van der Waals surface area contributed by atoms with Crippen molar-refractivity contribution in [3.05, 3.63) is 0 Å². The molecule has 1 fully saturated rings. The van der Waals surface area contributed by atoms with E-state index in [0.29, 0.717) is 0 Å². The molecule has 0 bridgehead atoms. The van der Waals surface area contributed by atoms with E-state index in [2.05, 4.69) is 0 Å². The molecular weight excluding hydrogens is 150 g/mol. The molecule has 1 aliphatic carbocycles. The van der Waals surface area contributed by atoms with E-state index in [4.69, 9.17) is 0 Å². The Morgan fingerprint density at radius 3 is 2.22 bits per heavy atom. The number of hydrogen-bond acceptors (Lipinski definition) is 2. The summed E-state index contributed by atoms with van der Waals surface area (Å²) in [5.74, 6) is -2.95. The molecule has 0 saturated heterocycles. The lowest BCUT2D eigenvalue weighted by molar-refractivity contribution is -0.0668. The first-order valence-corrected chi connectivity index (χ1v) is 3.64. The second-order valence-electron chi connectivity index (χ2n) is 2.05. The lowest BCUT2D eigenvalue weighted by Crippen LogP contribution is -2.46. The number of hydrogen-bond donors (Lipinski definition) is 0. The van der Waals surface area contributed by atoms with Gasteiger partial charge in [-0.3, -0.25) is 4.21 Å². The van der Waals surface area contributed by atoms with Gasteiger partial charge in [0.15, 0.2) is 0 Å². The summed E-state index contributed by atoms with van der Waals surface area (Å²) in [7, 11) is 0. The van der Waals surface area contributed by atoms with Crippen LogP contribution in [-0.2, 0) is 11.1 Å². The zero-order valence-corrected chi connectivity index (χ0v) is 5.29. The average Bonchev–Trinajstić information content (AvgIpc) is 1.62. The van der Waals surface area contributed by atoms with Gasteiger partial charge < -0.3 is 4.55 Å².